The predicted molar refractivity (Wildman–Crippen MR) is 324 cm³/mol. The molecule has 31 nitrogen and oxygen atoms in total. The third-order valence-corrected chi connectivity index (χ3v) is 17.3. The maximum absolute atomic E-state index is 14.2. The van der Waals surface area contributed by atoms with Gasteiger partial charge in [0.2, 0.25) is 0 Å². The van der Waals surface area contributed by atoms with Crippen LogP contribution in [-0.2, 0) is 116 Å². The van der Waals surface area contributed by atoms with Crippen LogP contribution in [0.3, 0.4) is 0 Å². The number of rotatable bonds is 49. The maximum atomic E-state index is 14.2. The normalized spacial score (nSPS) is 15.4. The van der Waals surface area contributed by atoms with E-state index in [9.17, 15) is 73.5 Å². The van der Waals surface area contributed by atoms with Gasteiger partial charge in [-0.3, -0.25) is 56.8 Å². The topological polar surface area (TPSA) is 420 Å². The Hall–Kier alpha value is -5.20. The van der Waals surface area contributed by atoms with Crippen LogP contribution in [0.15, 0.2) is 0 Å². The van der Waals surface area contributed by atoms with Crippen LogP contribution in [0.5, 0.6) is 0 Å². The molecule has 0 saturated carbocycles. The fourth-order valence-electron chi connectivity index (χ4n) is 8.00. The summed E-state index contributed by atoms with van der Waals surface area (Å²) in [7, 11) is -1.51. The first kappa shape index (κ1) is 85.8. The molecule has 4 N–H and O–H groups in total. The number of esters is 9. The Bertz CT molecular complexity index is 2630. The molecule has 0 rings (SSSR count). The number of aliphatic hydroxyl groups is 1. The fraction of sp³-hybridized carbons (Fsp3) is 0.842. The number of hydrogen-bond donors (Lipinski definition) is 4. The lowest BCUT2D eigenvalue weighted by atomic mass is 9.90. The highest BCUT2D eigenvalue weighted by Gasteiger charge is 2.45. The largest absolute Gasteiger partial charge is 0.465 e. The zero-order valence-electron chi connectivity index (χ0n) is 55.4. The van der Waals surface area contributed by atoms with Crippen molar-refractivity contribution in [1.29, 1.82) is 0 Å². The summed E-state index contributed by atoms with van der Waals surface area (Å²) < 4.78 is 143. The van der Waals surface area contributed by atoms with Crippen molar-refractivity contribution >= 4 is 84.1 Å². The standard InChI is InChI=1S/C57H101N3O28S3/c1-14-80-53(69)57(7,41-87-52(68)55(5,37-61)38-84-46(62)22-19-43(2)49(65)81-31-28-58(8,9)25-15-16-34-89(71,72)73)42-88-54(70)56(6,39-85-47(63)23-20-44(3)50(66)82-32-29-59(10,11)26-17-35-90(74,75)76)40-86-48(64)24-21-45(4)51(67)83-33-30-60(12,13)27-18-36-91(77,78)79/h43-45,61H,14-42H2,1-13H3/p+3. The SMILES string of the molecule is CCOC(=O)C(C)(COC(=O)C(C)(CO)COC(=O)CCC(C)C(=O)OCC[N+](C)(C)CCCCS(=O)(=O)O)COC(=O)C(C)(COC(=O)CCC(C)C(=O)OCC[N+](C)(C)CCCS(=O)(=O)O)COC(=O)CCC(C)C(=O)OCC[N+](C)(C)CCCS(=O)(=O)O. The first-order chi connectivity index (χ1) is 41.6. The molecule has 0 saturated heterocycles. The molecule has 0 radical (unpaired) electrons. The van der Waals surface area contributed by atoms with Crippen molar-refractivity contribution in [2.24, 2.45) is 34.0 Å². The van der Waals surface area contributed by atoms with Gasteiger partial charge in [0.25, 0.3) is 30.4 Å². The summed E-state index contributed by atoms with van der Waals surface area (Å²) >= 11 is 0. The van der Waals surface area contributed by atoms with E-state index < -0.39 is 169 Å². The highest BCUT2D eigenvalue weighted by atomic mass is 32.2. The molecule has 5 unspecified atom stereocenters. The lowest BCUT2D eigenvalue weighted by molar-refractivity contribution is -0.890. The summed E-state index contributed by atoms with van der Waals surface area (Å²) in [5.41, 5.74) is -5.90. The number of aliphatic hydroxyl groups excluding tert-OH is 1. The van der Waals surface area contributed by atoms with E-state index in [0.29, 0.717) is 50.2 Å². The van der Waals surface area contributed by atoms with Crippen LogP contribution in [0.4, 0.5) is 0 Å². The Balaban J connectivity index is 6.06. The number of carbonyl (C=O) groups is 9. The zero-order chi connectivity index (χ0) is 70.3. The molecular formula is C57H104N3O28S3+3. The average Bonchev–Trinajstić information content (AvgIpc) is 0.907. The monoisotopic (exact) mass is 1370 g/mol. The van der Waals surface area contributed by atoms with Gasteiger partial charge in [0.1, 0.15) is 88.7 Å². The number of ether oxygens (including phenoxy) is 9. The van der Waals surface area contributed by atoms with Crippen molar-refractivity contribution in [2.45, 2.75) is 113 Å². The molecule has 0 aromatic carbocycles. The molecule has 91 heavy (non-hydrogen) atoms. The molecule has 5 atom stereocenters. The Morgan fingerprint density at radius 1 is 0.385 bits per heavy atom. The van der Waals surface area contributed by atoms with Gasteiger partial charge in [0.15, 0.2) is 0 Å². The molecule has 0 aliphatic rings. The molecule has 0 aliphatic carbocycles. The number of likely N-dealkylation sites (N-methyl/N-ethyl adjacent to an activating group) is 3. The molecule has 34 heteroatoms. The van der Waals surface area contributed by atoms with Gasteiger partial charge in [0.05, 0.1) is 110 Å². The van der Waals surface area contributed by atoms with Gasteiger partial charge in [-0.15, -0.1) is 0 Å². The lowest BCUT2D eigenvalue weighted by Gasteiger charge is -2.31. The molecule has 0 bridgehead atoms. The minimum absolute atomic E-state index is 0.00733. The van der Waals surface area contributed by atoms with Crippen LogP contribution in [0, 0.1) is 34.0 Å². The predicted octanol–water partition coefficient (Wildman–Crippen LogP) is 1.61. The second-order valence-corrected chi connectivity index (χ2v) is 30.7. The molecule has 0 aromatic rings. The quantitative estimate of drug-likeness (QED) is 0.0221. The van der Waals surface area contributed by atoms with Crippen LogP contribution >= 0.6 is 0 Å². The third kappa shape index (κ3) is 39.2. The van der Waals surface area contributed by atoms with Gasteiger partial charge in [-0.1, -0.05) is 20.8 Å². The van der Waals surface area contributed by atoms with Gasteiger partial charge in [-0.25, -0.2) is 0 Å². The van der Waals surface area contributed by atoms with Crippen molar-refractivity contribution in [2.75, 3.05) is 165 Å². The van der Waals surface area contributed by atoms with Gasteiger partial charge in [0, 0.05) is 32.1 Å². The molecule has 0 fully saturated rings. The Labute approximate surface area is 536 Å². The van der Waals surface area contributed by atoms with Gasteiger partial charge < -0.3 is 61.2 Å². The molecule has 0 aliphatic heterocycles. The number of quaternary nitrogens is 3. The van der Waals surface area contributed by atoms with Gasteiger partial charge in [-0.05, 0) is 59.8 Å². The van der Waals surface area contributed by atoms with Crippen LogP contribution in [0.2, 0.25) is 0 Å². The van der Waals surface area contributed by atoms with E-state index in [4.69, 9.17) is 56.3 Å². The van der Waals surface area contributed by atoms with Crippen molar-refractivity contribution in [1.82, 2.24) is 0 Å². The second kappa shape index (κ2) is 39.5. The smallest absolute Gasteiger partial charge is 0.318 e. The first-order valence-electron chi connectivity index (χ1n) is 30.0. The van der Waals surface area contributed by atoms with E-state index in [1.165, 1.54) is 48.5 Å². The Morgan fingerprint density at radius 3 is 0.945 bits per heavy atom. The Morgan fingerprint density at radius 2 is 0.648 bits per heavy atom. The summed E-state index contributed by atoms with van der Waals surface area (Å²) in [5.74, 6) is -11.5. The van der Waals surface area contributed by atoms with Crippen LogP contribution in [0.25, 0.3) is 0 Å². The lowest BCUT2D eigenvalue weighted by Crippen LogP contribution is -2.46. The van der Waals surface area contributed by atoms with Crippen molar-refractivity contribution in [3.05, 3.63) is 0 Å². The van der Waals surface area contributed by atoms with E-state index in [-0.39, 0.29) is 98.9 Å². The average molecular weight is 1380 g/mol. The highest BCUT2D eigenvalue weighted by Crippen LogP contribution is 2.28. The van der Waals surface area contributed by atoms with Crippen molar-refractivity contribution in [3.63, 3.8) is 0 Å². The van der Waals surface area contributed by atoms with E-state index in [1.807, 2.05) is 14.1 Å². The van der Waals surface area contributed by atoms with Crippen LogP contribution in [0.1, 0.15) is 113 Å². The summed E-state index contributed by atoms with van der Waals surface area (Å²) in [5, 5.41) is 10.3. The van der Waals surface area contributed by atoms with Gasteiger partial charge >= 0.3 is 53.7 Å². The molecule has 0 spiro atoms. The molecule has 0 heterocycles. The third-order valence-electron chi connectivity index (χ3n) is 14.9. The maximum Gasteiger partial charge on any atom is 0.318 e. The van der Waals surface area contributed by atoms with Crippen LogP contribution in [-0.4, -0.2) is 276 Å². The minimum Gasteiger partial charge on any atom is -0.465 e. The second-order valence-electron chi connectivity index (χ2n) is 25.9. The molecular weight excluding hydrogens is 1270 g/mol. The summed E-state index contributed by atoms with van der Waals surface area (Å²) in [4.78, 5) is 119. The van der Waals surface area contributed by atoms with Crippen molar-refractivity contribution < 1.29 is 143 Å². The van der Waals surface area contributed by atoms with E-state index >= 15 is 0 Å². The summed E-state index contributed by atoms with van der Waals surface area (Å²) in [6.07, 6.45) is -0.0766. The molecule has 0 aromatic heterocycles. The zero-order valence-corrected chi connectivity index (χ0v) is 57.8. The van der Waals surface area contributed by atoms with Crippen LogP contribution < -0.4 is 0 Å². The number of carbonyl (C=O) groups excluding carboxylic acids is 9. The number of nitrogens with zero attached hydrogens (tertiary/aromatic N) is 3. The highest BCUT2D eigenvalue weighted by molar-refractivity contribution is 7.86. The van der Waals surface area contributed by atoms with E-state index in [2.05, 4.69) is 0 Å². The van der Waals surface area contributed by atoms with Crippen molar-refractivity contribution in [3.8, 4) is 0 Å². The fourth-order valence-corrected chi connectivity index (χ4v) is 9.56. The first-order valence-corrected chi connectivity index (χ1v) is 34.9. The summed E-state index contributed by atoms with van der Waals surface area (Å²) in [6.45, 7) is 6.79. The Kier molecular flexibility index (Phi) is 37.2. The van der Waals surface area contributed by atoms with E-state index in [1.54, 1.807) is 28.2 Å². The van der Waals surface area contributed by atoms with Gasteiger partial charge in [-0.2, -0.15) is 25.3 Å². The number of hydrogen-bond acceptors (Lipinski definition) is 25. The van der Waals surface area contributed by atoms with E-state index in [0.717, 1.165) is 0 Å². The number of unbranched alkanes of at least 4 members (excludes halogenated alkanes) is 1. The molecule has 530 valence electrons. The summed E-state index contributed by atoms with van der Waals surface area (Å²) in [6, 6.07) is 0. The minimum atomic E-state index is -4.14. The molecule has 0 amide bonds.